The molecule has 0 N–H and O–H groups in total. The van der Waals surface area contributed by atoms with Crippen molar-refractivity contribution >= 4 is 56.5 Å². The zero-order chi connectivity index (χ0) is 23.2. The fraction of sp³-hybridized carbons (Fsp3) is 0.0435. The Morgan fingerprint density at radius 1 is 0.636 bits per heavy atom. The highest BCUT2D eigenvalue weighted by molar-refractivity contribution is 7.17. The Labute approximate surface area is 196 Å². The second-order valence-electron chi connectivity index (χ2n) is 6.89. The van der Waals surface area contributed by atoms with E-state index in [-0.39, 0.29) is 10.0 Å². The van der Waals surface area contributed by atoms with E-state index in [1.165, 1.54) is 12.1 Å². The number of hydrogen-bond donors (Lipinski definition) is 0. The van der Waals surface area contributed by atoms with Crippen molar-refractivity contribution in [2.45, 2.75) is 6.42 Å². The first kappa shape index (κ1) is 22.2. The lowest BCUT2D eigenvalue weighted by Crippen LogP contribution is -1.87. The minimum Gasteiger partial charge on any atom is -0.258 e. The van der Waals surface area contributed by atoms with Crippen LogP contribution in [0.3, 0.4) is 0 Å². The molecule has 0 amide bonds. The molecule has 10 heteroatoms. The summed E-state index contributed by atoms with van der Waals surface area (Å²) < 4.78 is 0. The quantitative estimate of drug-likeness (QED) is 0.160. The summed E-state index contributed by atoms with van der Waals surface area (Å²) in [5.41, 5.74) is 3.80. The van der Waals surface area contributed by atoms with Crippen LogP contribution in [0.15, 0.2) is 82.8 Å². The van der Waals surface area contributed by atoms with Crippen LogP contribution in [0, 0.1) is 20.2 Å². The topological polar surface area (TPSA) is 111 Å². The third kappa shape index (κ3) is 6.03. The van der Waals surface area contributed by atoms with E-state index >= 15 is 0 Å². The molecular weight excluding hydrogens is 460 g/mol. The Morgan fingerprint density at radius 3 is 1.36 bits per heavy atom. The Bertz CT molecular complexity index is 1240. The molecule has 0 saturated carbocycles. The lowest BCUT2D eigenvalue weighted by atomic mass is 10.0. The van der Waals surface area contributed by atoms with Gasteiger partial charge in [-0.25, -0.2) is 0 Å². The fourth-order valence-electron chi connectivity index (χ4n) is 2.93. The summed E-state index contributed by atoms with van der Waals surface area (Å²) in [6.07, 6.45) is 4.00. The van der Waals surface area contributed by atoms with Crippen LogP contribution in [0.2, 0.25) is 0 Å². The summed E-state index contributed by atoms with van der Waals surface area (Å²) in [4.78, 5) is 30.9. The maximum Gasteiger partial charge on any atom is 0.324 e. The van der Waals surface area contributed by atoms with Crippen LogP contribution in [0.4, 0.5) is 21.4 Å². The van der Waals surface area contributed by atoms with Crippen LogP contribution >= 0.6 is 22.7 Å². The van der Waals surface area contributed by atoms with E-state index in [4.69, 9.17) is 0 Å². The van der Waals surface area contributed by atoms with E-state index in [2.05, 4.69) is 9.98 Å². The number of rotatable bonds is 8. The summed E-state index contributed by atoms with van der Waals surface area (Å²) >= 11 is 2.17. The summed E-state index contributed by atoms with van der Waals surface area (Å²) in [7, 11) is 0. The van der Waals surface area contributed by atoms with Crippen LogP contribution in [0.25, 0.3) is 0 Å². The molecular formula is C23H16N4O4S2. The maximum absolute atomic E-state index is 10.8. The Morgan fingerprint density at radius 2 is 1.03 bits per heavy atom. The van der Waals surface area contributed by atoms with Gasteiger partial charge in [0.05, 0.1) is 31.0 Å². The van der Waals surface area contributed by atoms with Gasteiger partial charge in [0.1, 0.15) is 0 Å². The normalized spacial score (nSPS) is 11.4. The van der Waals surface area contributed by atoms with Crippen LogP contribution in [0.5, 0.6) is 0 Å². The van der Waals surface area contributed by atoms with Crippen LogP contribution in [-0.2, 0) is 6.42 Å². The van der Waals surface area contributed by atoms with Gasteiger partial charge in [0.25, 0.3) is 0 Å². The summed E-state index contributed by atoms with van der Waals surface area (Å²) in [5.74, 6) is 0. The molecule has 0 radical (unpaired) electrons. The van der Waals surface area contributed by atoms with Gasteiger partial charge in [-0.05, 0) is 53.9 Å². The molecule has 0 unspecified atom stereocenters. The molecule has 0 bridgehead atoms. The van der Waals surface area contributed by atoms with Gasteiger partial charge in [-0.3, -0.25) is 30.2 Å². The van der Waals surface area contributed by atoms with Gasteiger partial charge in [0, 0.05) is 24.6 Å². The van der Waals surface area contributed by atoms with Crippen molar-refractivity contribution in [3.63, 3.8) is 0 Å². The zero-order valence-electron chi connectivity index (χ0n) is 17.0. The Hall–Kier alpha value is -4.02. The molecule has 0 spiro atoms. The Balaban J connectivity index is 1.34. The van der Waals surface area contributed by atoms with E-state index in [0.29, 0.717) is 0 Å². The van der Waals surface area contributed by atoms with Gasteiger partial charge < -0.3 is 0 Å². The maximum atomic E-state index is 10.8. The first-order valence-corrected chi connectivity index (χ1v) is 11.3. The van der Waals surface area contributed by atoms with E-state index in [1.54, 1.807) is 24.6 Å². The van der Waals surface area contributed by atoms with Gasteiger partial charge in [-0.2, -0.15) is 0 Å². The predicted molar refractivity (Wildman–Crippen MR) is 132 cm³/mol. The predicted octanol–water partition coefficient (Wildman–Crippen LogP) is 6.72. The minimum atomic E-state index is -0.409. The van der Waals surface area contributed by atoms with E-state index < -0.39 is 9.85 Å². The molecule has 0 fully saturated rings. The number of benzene rings is 2. The number of nitro groups is 2. The second kappa shape index (κ2) is 10.1. The molecule has 164 valence electrons. The van der Waals surface area contributed by atoms with Crippen LogP contribution < -0.4 is 0 Å². The standard InChI is InChI=1S/C23H16N4O4S2/c28-26(29)22-11-9-20(32-22)14-24-18-5-1-16(2-6-18)13-17-3-7-19(8-4-17)25-15-21-10-12-23(33-21)27(30)31/h1-12,14-15H,13H2. The fourth-order valence-corrected chi connectivity index (χ4v) is 4.32. The van der Waals surface area contributed by atoms with Gasteiger partial charge >= 0.3 is 10.0 Å². The molecule has 8 nitrogen and oxygen atoms in total. The molecule has 4 rings (SSSR count). The molecule has 2 aromatic heterocycles. The highest BCUT2D eigenvalue weighted by Crippen LogP contribution is 2.25. The molecule has 0 aliphatic rings. The van der Waals surface area contributed by atoms with Gasteiger partial charge in [-0.15, -0.1) is 0 Å². The van der Waals surface area contributed by atoms with Crippen LogP contribution in [-0.4, -0.2) is 22.3 Å². The summed E-state index contributed by atoms with van der Waals surface area (Å²) in [6, 6.07) is 21.9. The molecule has 0 aliphatic heterocycles. The molecule has 2 aromatic carbocycles. The van der Waals surface area contributed by atoms with Crippen molar-refractivity contribution in [1.82, 2.24) is 0 Å². The lowest BCUT2D eigenvalue weighted by Gasteiger charge is -2.03. The summed E-state index contributed by atoms with van der Waals surface area (Å²) in [6.45, 7) is 0. The largest absolute Gasteiger partial charge is 0.324 e. The average Bonchev–Trinajstić information content (AvgIpc) is 3.48. The molecule has 4 aromatic rings. The van der Waals surface area contributed by atoms with Crippen molar-refractivity contribution in [3.8, 4) is 0 Å². The highest BCUT2D eigenvalue weighted by Gasteiger charge is 2.09. The van der Waals surface area contributed by atoms with E-state index in [0.717, 1.165) is 61.4 Å². The molecule has 0 saturated heterocycles. The summed E-state index contributed by atoms with van der Waals surface area (Å²) in [5, 5.41) is 21.7. The molecule has 0 atom stereocenters. The number of thiophene rings is 2. The van der Waals surface area contributed by atoms with Gasteiger partial charge in [0.15, 0.2) is 0 Å². The minimum absolute atomic E-state index is 0.0963. The van der Waals surface area contributed by atoms with E-state index in [9.17, 15) is 20.2 Å². The smallest absolute Gasteiger partial charge is 0.258 e. The first-order valence-electron chi connectivity index (χ1n) is 9.71. The van der Waals surface area contributed by atoms with Crippen molar-refractivity contribution in [3.05, 3.63) is 114 Å². The van der Waals surface area contributed by atoms with Crippen molar-refractivity contribution < 1.29 is 9.85 Å². The lowest BCUT2D eigenvalue weighted by molar-refractivity contribution is -0.380. The van der Waals surface area contributed by atoms with Crippen molar-refractivity contribution in [2.24, 2.45) is 9.98 Å². The highest BCUT2D eigenvalue weighted by atomic mass is 32.1. The third-order valence-corrected chi connectivity index (χ3v) is 6.49. The van der Waals surface area contributed by atoms with Crippen molar-refractivity contribution in [2.75, 3.05) is 0 Å². The van der Waals surface area contributed by atoms with Crippen LogP contribution in [0.1, 0.15) is 20.9 Å². The Kier molecular flexibility index (Phi) is 6.77. The van der Waals surface area contributed by atoms with Gasteiger partial charge in [0.2, 0.25) is 0 Å². The SMILES string of the molecule is O=[N+]([O-])c1ccc(C=Nc2ccc(Cc3ccc(N=Cc4ccc([N+](=O)[O-])s4)cc3)cc2)s1. The zero-order valence-corrected chi connectivity index (χ0v) is 18.7. The van der Waals surface area contributed by atoms with Crippen molar-refractivity contribution in [1.29, 1.82) is 0 Å². The van der Waals surface area contributed by atoms with Gasteiger partial charge in [-0.1, -0.05) is 46.9 Å². The monoisotopic (exact) mass is 476 g/mol. The third-order valence-electron chi connectivity index (χ3n) is 4.55. The first-order chi connectivity index (χ1) is 16.0. The second-order valence-corrected chi connectivity index (χ2v) is 9.08. The molecule has 0 aliphatic carbocycles. The van der Waals surface area contributed by atoms with E-state index in [1.807, 2.05) is 48.5 Å². The number of nitrogens with zero attached hydrogens (tertiary/aromatic N) is 4. The average molecular weight is 477 g/mol. The number of aliphatic imine (C=N–C) groups is 2. The number of hydrogen-bond acceptors (Lipinski definition) is 8. The molecule has 33 heavy (non-hydrogen) atoms. The molecule has 2 heterocycles.